The minimum Gasteiger partial charge on any atom is -0.441 e. The molecule has 2 aromatic carbocycles. The first-order valence-electron chi connectivity index (χ1n) is 9.06. The molecule has 1 aromatic heterocycles. The molecule has 6 heteroatoms. The van der Waals surface area contributed by atoms with Gasteiger partial charge in [-0.15, -0.1) is 6.58 Å². The fraction of sp³-hybridized carbons (Fsp3) is 0.182. The Balaban J connectivity index is 1.77. The number of aliphatic hydroxyl groups excluding tert-OH is 1. The molecule has 1 aliphatic heterocycles. The van der Waals surface area contributed by atoms with Crippen molar-refractivity contribution in [2.75, 3.05) is 18.1 Å². The summed E-state index contributed by atoms with van der Waals surface area (Å²) in [5.74, 6) is 0. The van der Waals surface area contributed by atoms with Gasteiger partial charge in [0.05, 0.1) is 13.2 Å². The van der Waals surface area contributed by atoms with Gasteiger partial charge in [0.2, 0.25) is 0 Å². The lowest BCUT2D eigenvalue weighted by Gasteiger charge is -2.14. The molecule has 28 heavy (non-hydrogen) atoms. The molecule has 0 spiro atoms. The predicted molar refractivity (Wildman–Crippen MR) is 109 cm³/mol. The van der Waals surface area contributed by atoms with Gasteiger partial charge >= 0.3 is 6.09 Å². The van der Waals surface area contributed by atoms with Crippen molar-refractivity contribution in [1.82, 2.24) is 4.98 Å². The zero-order valence-corrected chi connectivity index (χ0v) is 15.2. The van der Waals surface area contributed by atoms with Gasteiger partial charge in [-0.25, -0.2) is 4.79 Å². The monoisotopic (exact) mass is 376 g/mol. The molecule has 6 nitrogen and oxygen atoms in total. The van der Waals surface area contributed by atoms with Crippen LogP contribution in [-0.2, 0) is 11.2 Å². The number of carbonyl (C=O) groups excluding carboxylic acids is 1. The van der Waals surface area contributed by atoms with E-state index in [-0.39, 0.29) is 18.7 Å². The summed E-state index contributed by atoms with van der Waals surface area (Å²) in [6, 6.07) is 15.1. The second-order valence-corrected chi connectivity index (χ2v) is 6.73. The van der Waals surface area contributed by atoms with E-state index in [1.54, 1.807) is 12.1 Å². The molecule has 4 rings (SSSR count). The fourth-order valence-electron chi connectivity index (χ4n) is 3.51. The van der Waals surface area contributed by atoms with Crippen molar-refractivity contribution in [3.05, 3.63) is 77.1 Å². The molecule has 3 aromatic rings. The molecule has 1 fully saturated rings. The lowest BCUT2D eigenvalue weighted by molar-refractivity contribution is 0.0963. The summed E-state index contributed by atoms with van der Waals surface area (Å²) >= 11 is 0. The topological polar surface area (TPSA) is 82.6 Å². The summed E-state index contributed by atoms with van der Waals surface area (Å²) in [6.45, 7) is 3.82. The maximum absolute atomic E-state index is 12.8. The van der Waals surface area contributed by atoms with Crippen molar-refractivity contribution in [3.8, 4) is 11.3 Å². The second-order valence-electron chi connectivity index (χ2n) is 6.73. The highest BCUT2D eigenvalue weighted by Gasteiger charge is 2.31. The van der Waals surface area contributed by atoms with Gasteiger partial charge in [-0.3, -0.25) is 9.69 Å². The van der Waals surface area contributed by atoms with Crippen LogP contribution in [0.15, 0.2) is 66.0 Å². The van der Waals surface area contributed by atoms with Crippen LogP contribution in [0, 0.1) is 0 Å². The number of ether oxygens (including phenoxy) is 1. The minimum absolute atomic E-state index is 0.228. The lowest BCUT2D eigenvalue weighted by Crippen LogP contribution is -2.25. The molecule has 2 heterocycles. The van der Waals surface area contributed by atoms with E-state index < -0.39 is 12.2 Å². The Kier molecular flexibility index (Phi) is 4.71. The first kappa shape index (κ1) is 18.0. The molecule has 1 unspecified atom stereocenters. The quantitative estimate of drug-likeness (QED) is 0.670. The smallest absolute Gasteiger partial charge is 0.414 e. The number of allylic oxidation sites excluding steroid dienone is 1. The number of benzene rings is 2. The summed E-state index contributed by atoms with van der Waals surface area (Å²) in [4.78, 5) is 29.1. The number of H-pyrrole nitrogens is 1. The second kappa shape index (κ2) is 7.32. The average molecular weight is 376 g/mol. The lowest BCUT2D eigenvalue weighted by atomic mass is 10.00. The van der Waals surface area contributed by atoms with Crippen molar-refractivity contribution in [2.24, 2.45) is 0 Å². The van der Waals surface area contributed by atoms with Crippen molar-refractivity contribution >= 4 is 22.6 Å². The van der Waals surface area contributed by atoms with Crippen LogP contribution in [0.4, 0.5) is 10.5 Å². The van der Waals surface area contributed by atoms with Crippen LogP contribution in [0.25, 0.3) is 22.0 Å². The van der Waals surface area contributed by atoms with Gasteiger partial charge in [0.15, 0.2) is 0 Å². The number of cyclic esters (lactones) is 1. The Morgan fingerprint density at radius 1 is 1.21 bits per heavy atom. The summed E-state index contributed by atoms with van der Waals surface area (Å²) in [5.41, 5.74) is 3.12. The number of anilines is 1. The van der Waals surface area contributed by atoms with Crippen LogP contribution in [0.2, 0.25) is 0 Å². The first-order chi connectivity index (χ1) is 13.6. The molecule has 0 bridgehead atoms. The van der Waals surface area contributed by atoms with Crippen LogP contribution in [0.3, 0.4) is 0 Å². The normalized spacial score (nSPS) is 16.4. The fourth-order valence-corrected chi connectivity index (χ4v) is 3.51. The molecule has 0 radical (unpaired) electrons. The van der Waals surface area contributed by atoms with Crippen molar-refractivity contribution in [2.45, 2.75) is 12.5 Å². The van der Waals surface area contributed by atoms with Gasteiger partial charge in [0, 0.05) is 22.3 Å². The van der Waals surface area contributed by atoms with Crippen LogP contribution < -0.4 is 10.5 Å². The summed E-state index contributed by atoms with van der Waals surface area (Å²) in [7, 11) is 0. The number of aromatic amines is 1. The van der Waals surface area contributed by atoms with Gasteiger partial charge in [0.1, 0.15) is 6.10 Å². The Hall–Kier alpha value is -3.38. The standard InChI is InChI=1S/C22H20N2O4/c1-2-5-14-6-3-4-7-18(14)20-10-15-8-9-16(11-19(15)21(26)23-20)24-12-17(13-25)28-22(24)27/h2-4,6-11,17,25H,1,5,12-13H2,(H,23,26). The average Bonchev–Trinajstić information content (AvgIpc) is 3.09. The zero-order valence-electron chi connectivity index (χ0n) is 15.2. The molecule has 1 amide bonds. The Bertz CT molecular complexity index is 1120. The SMILES string of the molecule is C=CCc1ccccc1-c1cc2ccc(N3CC(CO)OC3=O)cc2c(=O)[nH]1. The molecule has 142 valence electrons. The Morgan fingerprint density at radius 2 is 2.04 bits per heavy atom. The van der Waals surface area contributed by atoms with E-state index in [9.17, 15) is 14.7 Å². The molecule has 1 atom stereocenters. The molecule has 0 saturated carbocycles. The number of aromatic nitrogens is 1. The highest BCUT2D eigenvalue weighted by atomic mass is 16.6. The van der Waals surface area contributed by atoms with E-state index in [1.165, 1.54) is 4.90 Å². The third kappa shape index (κ3) is 3.18. The number of amides is 1. The number of fused-ring (bicyclic) bond motifs is 1. The van der Waals surface area contributed by atoms with Crippen LogP contribution in [0.5, 0.6) is 0 Å². The molecule has 0 aliphatic carbocycles. The van der Waals surface area contributed by atoms with E-state index in [2.05, 4.69) is 11.6 Å². The summed E-state index contributed by atoms with van der Waals surface area (Å²) in [6.07, 6.45) is 1.46. The number of rotatable bonds is 5. The van der Waals surface area contributed by atoms with Gasteiger partial charge in [-0.05, 0) is 35.6 Å². The van der Waals surface area contributed by atoms with Gasteiger partial charge < -0.3 is 14.8 Å². The third-order valence-corrected chi connectivity index (χ3v) is 4.89. The molecular weight excluding hydrogens is 356 g/mol. The van der Waals surface area contributed by atoms with E-state index in [0.29, 0.717) is 17.5 Å². The predicted octanol–water partition coefficient (Wildman–Crippen LogP) is 3.24. The maximum Gasteiger partial charge on any atom is 0.414 e. The molecule has 1 saturated heterocycles. The Labute approximate surface area is 161 Å². The number of hydrogen-bond donors (Lipinski definition) is 2. The number of carbonyl (C=O) groups is 1. The van der Waals surface area contributed by atoms with E-state index >= 15 is 0 Å². The minimum atomic E-state index is -0.551. The van der Waals surface area contributed by atoms with Crippen molar-refractivity contribution in [3.63, 3.8) is 0 Å². The van der Waals surface area contributed by atoms with Crippen LogP contribution in [0.1, 0.15) is 5.56 Å². The zero-order chi connectivity index (χ0) is 19.7. The summed E-state index contributed by atoms with van der Waals surface area (Å²) < 4.78 is 5.08. The highest BCUT2D eigenvalue weighted by Crippen LogP contribution is 2.28. The van der Waals surface area contributed by atoms with E-state index in [4.69, 9.17) is 4.74 Å². The van der Waals surface area contributed by atoms with Crippen molar-refractivity contribution in [1.29, 1.82) is 0 Å². The maximum atomic E-state index is 12.8. The van der Waals surface area contributed by atoms with Crippen molar-refractivity contribution < 1.29 is 14.6 Å². The number of pyridine rings is 1. The molecular formula is C22H20N2O4. The Morgan fingerprint density at radius 3 is 2.79 bits per heavy atom. The largest absolute Gasteiger partial charge is 0.441 e. The number of nitrogens with zero attached hydrogens (tertiary/aromatic N) is 1. The van der Waals surface area contributed by atoms with Gasteiger partial charge in [0.25, 0.3) is 5.56 Å². The molecule has 2 N–H and O–H groups in total. The van der Waals surface area contributed by atoms with Gasteiger partial charge in [-0.1, -0.05) is 36.4 Å². The van der Waals surface area contributed by atoms with Gasteiger partial charge in [-0.2, -0.15) is 0 Å². The third-order valence-electron chi connectivity index (χ3n) is 4.89. The summed E-state index contributed by atoms with van der Waals surface area (Å²) in [5, 5.41) is 10.5. The first-order valence-corrected chi connectivity index (χ1v) is 9.06. The number of nitrogens with one attached hydrogen (secondary N) is 1. The highest BCUT2D eigenvalue weighted by molar-refractivity contribution is 5.94. The number of hydrogen-bond acceptors (Lipinski definition) is 4. The van der Waals surface area contributed by atoms with Crippen LogP contribution in [-0.4, -0.2) is 35.4 Å². The molecule has 1 aliphatic rings. The van der Waals surface area contributed by atoms with Crippen LogP contribution >= 0.6 is 0 Å². The van der Waals surface area contributed by atoms with E-state index in [0.717, 1.165) is 22.2 Å². The van der Waals surface area contributed by atoms with E-state index in [1.807, 2.05) is 42.5 Å². The number of aliphatic hydroxyl groups is 1.